The Balaban J connectivity index is 1.37. The summed E-state index contributed by atoms with van der Waals surface area (Å²) >= 11 is 0. The topological polar surface area (TPSA) is 77.2 Å². The molecule has 0 atom stereocenters. The molecular formula is C24H24N6O. The van der Waals surface area contributed by atoms with E-state index in [9.17, 15) is 4.79 Å². The predicted octanol–water partition coefficient (Wildman–Crippen LogP) is 2.82. The number of likely N-dealkylation sites (N-methyl/N-ethyl adjacent to an activating group) is 1. The van der Waals surface area contributed by atoms with Crippen LogP contribution in [-0.4, -0.2) is 65.5 Å². The van der Waals surface area contributed by atoms with Gasteiger partial charge in [-0.25, -0.2) is 9.97 Å². The number of aromatic amines is 1. The maximum atomic E-state index is 12.2. The van der Waals surface area contributed by atoms with Gasteiger partial charge in [-0.1, -0.05) is 12.1 Å². The first-order chi connectivity index (χ1) is 15.2. The van der Waals surface area contributed by atoms with E-state index in [2.05, 4.69) is 62.5 Å². The number of H-pyrrole nitrogens is 1. The molecule has 0 saturated carbocycles. The number of hydrogen-bond donors (Lipinski definition) is 2. The zero-order valence-corrected chi connectivity index (χ0v) is 17.5. The monoisotopic (exact) mass is 412 g/mol. The van der Waals surface area contributed by atoms with Gasteiger partial charge in [0, 0.05) is 54.9 Å². The van der Waals surface area contributed by atoms with Crippen LogP contribution < -0.4 is 10.2 Å². The molecule has 2 aliphatic rings. The van der Waals surface area contributed by atoms with Crippen molar-refractivity contribution in [3.8, 4) is 11.3 Å². The van der Waals surface area contributed by atoms with Gasteiger partial charge in [0.25, 0.3) is 5.91 Å². The number of nitrogens with one attached hydrogen (secondary N) is 2. The van der Waals surface area contributed by atoms with E-state index in [0.29, 0.717) is 6.54 Å². The molecule has 0 spiro atoms. The van der Waals surface area contributed by atoms with E-state index < -0.39 is 0 Å². The second-order valence-electron chi connectivity index (χ2n) is 8.48. The van der Waals surface area contributed by atoms with E-state index in [1.165, 1.54) is 5.69 Å². The van der Waals surface area contributed by atoms with Crippen molar-refractivity contribution >= 4 is 33.7 Å². The Bertz CT molecular complexity index is 1300. The van der Waals surface area contributed by atoms with Crippen molar-refractivity contribution in [2.24, 2.45) is 0 Å². The summed E-state index contributed by atoms with van der Waals surface area (Å²) < 4.78 is 0. The van der Waals surface area contributed by atoms with Crippen LogP contribution in [0.2, 0.25) is 0 Å². The standard InChI is InChI=1S/C24H24N6O/c1-29-8-10-30(11-9-29)17-4-2-15(3-5-17)21-14-26-23-22(27-21)19-12-16-6-7-25-24(31)18(16)13-20(19)28-23/h2-5,12-14H,6-11H2,1H3,(H,25,31)(H,26,28). The minimum absolute atomic E-state index is 0.0103. The van der Waals surface area contributed by atoms with Crippen molar-refractivity contribution in [2.75, 3.05) is 44.7 Å². The van der Waals surface area contributed by atoms with Gasteiger partial charge in [0.15, 0.2) is 5.65 Å². The van der Waals surface area contributed by atoms with Gasteiger partial charge in [-0.2, -0.15) is 0 Å². The molecule has 0 unspecified atom stereocenters. The van der Waals surface area contributed by atoms with E-state index in [1.807, 2.05) is 12.3 Å². The van der Waals surface area contributed by atoms with Crippen molar-refractivity contribution in [1.82, 2.24) is 25.2 Å². The molecule has 0 aliphatic carbocycles. The number of anilines is 1. The van der Waals surface area contributed by atoms with Crippen molar-refractivity contribution < 1.29 is 4.79 Å². The number of hydrogen-bond acceptors (Lipinski definition) is 5. The number of aromatic nitrogens is 3. The Morgan fingerprint density at radius 3 is 2.65 bits per heavy atom. The Morgan fingerprint density at radius 2 is 1.84 bits per heavy atom. The number of rotatable bonds is 2. The average molecular weight is 412 g/mol. The first kappa shape index (κ1) is 18.3. The lowest BCUT2D eigenvalue weighted by atomic mass is 9.98. The van der Waals surface area contributed by atoms with E-state index >= 15 is 0 Å². The number of fused-ring (bicyclic) bond motifs is 4. The highest BCUT2D eigenvalue weighted by atomic mass is 16.1. The molecule has 7 nitrogen and oxygen atoms in total. The number of carbonyl (C=O) groups excluding carboxylic acids is 1. The Kier molecular flexibility index (Phi) is 4.17. The minimum atomic E-state index is -0.0103. The second kappa shape index (κ2) is 7.06. The van der Waals surface area contributed by atoms with Crippen molar-refractivity contribution in [3.63, 3.8) is 0 Å². The molecule has 0 bridgehead atoms. The molecular weight excluding hydrogens is 388 g/mol. The van der Waals surface area contributed by atoms with Crippen molar-refractivity contribution in [2.45, 2.75) is 6.42 Å². The summed E-state index contributed by atoms with van der Waals surface area (Å²) in [6.45, 7) is 4.97. The molecule has 7 heteroatoms. The molecule has 4 aromatic rings. The quantitative estimate of drug-likeness (QED) is 0.529. The van der Waals surface area contributed by atoms with Gasteiger partial charge in [-0.3, -0.25) is 4.79 Å². The summed E-state index contributed by atoms with van der Waals surface area (Å²) in [6, 6.07) is 12.6. The Hall–Kier alpha value is -3.45. The van der Waals surface area contributed by atoms with Crippen molar-refractivity contribution in [3.05, 3.63) is 53.7 Å². The number of piperazine rings is 1. The Morgan fingerprint density at radius 1 is 1.03 bits per heavy atom. The fraction of sp³-hybridized carbons (Fsp3) is 0.292. The third kappa shape index (κ3) is 3.13. The summed E-state index contributed by atoms with van der Waals surface area (Å²) in [5.74, 6) is -0.0103. The van der Waals surface area contributed by atoms with Crippen LogP contribution in [0.5, 0.6) is 0 Å². The summed E-state index contributed by atoms with van der Waals surface area (Å²) in [5, 5.41) is 3.93. The molecule has 2 aromatic heterocycles. The van der Waals surface area contributed by atoms with Crippen LogP contribution in [0.3, 0.4) is 0 Å². The number of amides is 1. The van der Waals surface area contributed by atoms with Crippen LogP contribution >= 0.6 is 0 Å². The molecule has 6 rings (SSSR count). The zero-order valence-electron chi connectivity index (χ0n) is 17.5. The van der Waals surface area contributed by atoms with Crippen LogP contribution in [0.15, 0.2) is 42.6 Å². The van der Waals surface area contributed by atoms with E-state index in [4.69, 9.17) is 4.98 Å². The third-order valence-electron chi connectivity index (χ3n) is 6.48. The third-order valence-corrected chi connectivity index (χ3v) is 6.48. The molecule has 2 aliphatic heterocycles. The molecule has 31 heavy (non-hydrogen) atoms. The van der Waals surface area contributed by atoms with Gasteiger partial charge in [-0.15, -0.1) is 0 Å². The van der Waals surface area contributed by atoms with Crippen molar-refractivity contribution in [1.29, 1.82) is 0 Å². The summed E-state index contributed by atoms with van der Waals surface area (Å²) in [5.41, 5.74) is 7.47. The summed E-state index contributed by atoms with van der Waals surface area (Å²) in [7, 11) is 2.17. The highest BCUT2D eigenvalue weighted by Gasteiger charge is 2.20. The number of nitrogens with zero attached hydrogens (tertiary/aromatic N) is 4. The number of carbonyl (C=O) groups is 1. The second-order valence-corrected chi connectivity index (χ2v) is 8.48. The lowest BCUT2D eigenvalue weighted by Crippen LogP contribution is -2.44. The van der Waals surface area contributed by atoms with Crippen LogP contribution in [0, 0.1) is 0 Å². The highest BCUT2D eigenvalue weighted by molar-refractivity contribution is 6.08. The van der Waals surface area contributed by atoms with Gasteiger partial charge in [0.2, 0.25) is 0 Å². The van der Waals surface area contributed by atoms with Crippen LogP contribution in [-0.2, 0) is 6.42 Å². The first-order valence-corrected chi connectivity index (χ1v) is 10.8. The normalized spacial score (nSPS) is 17.2. The molecule has 2 N–H and O–H groups in total. The molecule has 1 fully saturated rings. The molecule has 1 amide bonds. The summed E-state index contributed by atoms with van der Waals surface area (Å²) in [4.78, 5) is 29.9. The van der Waals surface area contributed by atoms with E-state index in [-0.39, 0.29) is 5.91 Å². The first-order valence-electron chi connectivity index (χ1n) is 10.8. The van der Waals surface area contributed by atoms with Gasteiger partial charge < -0.3 is 20.1 Å². The van der Waals surface area contributed by atoms with Gasteiger partial charge in [0.1, 0.15) is 5.52 Å². The van der Waals surface area contributed by atoms with E-state index in [1.54, 1.807) is 0 Å². The maximum absolute atomic E-state index is 12.2. The number of benzene rings is 2. The highest BCUT2D eigenvalue weighted by Crippen LogP contribution is 2.30. The average Bonchev–Trinajstić information content (AvgIpc) is 3.16. The summed E-state index contributed by atoms with van der Waals surface area (Å²) in [6.07, 6.45) is 2.65. The fourth-order valence-electron chi connectivity index (χ4n) is 4.61. The van der Waals surface area contributed by atoms with Crippen LogP contribution in [0.4, 0.5) is 5.69 Å². The lowest BCUT2D eigenvalue weighted by molar-refractivity contribution is 0.0946. The molecule has 1 saturated heterocycles. The lowest BCUT2D eigenvalue weighted by Gasteiger charge is -2.34. The largest absolute Gasteiger partial charge is 0.369 e. The van der Waals surface area contributed by atoms with Gasteiger partial charge in [-0.05, 0) is 43.3 Å². The molecule has 4 heterocycles. The van der Waals surface area contributed by atoms with Crippen LogP contribution in [0.1, 0.15) is 15.9 Å². The smallest absolute Gasteiger partial charge is 0.251 e. The predicted molar refractivity (Wildman–Crippen MR) is 123 cm³/mol. The fourth-order valence-corrected chi connectivity index (χ4v) is 4.61. The SMILES string of the molecule is CN1CCN(c2ccc(-c3cnc4[nH]c5cc6c(cc5c4n3)CCNC6=O)cc2)CC1. The van der Waals surface area contributed by atoms with E-state index in [0.717, 1.165) is 77.1 Å². The Labute approximate surface area is 180 Å². The molecule has 0 radical (unpaired) electrons. The molecule has 2 aromatic carbocycles. The van der Waals surface area contributed by atoms with Gasteiger partial charge in [0.05, 0.1) is 17.4 Å². The zero-order chi connectivity index (χ0) is 20.9. The van der Waals surface area contributed by atoms with Gasteiger partial charge >= 0.3 is 0 Å². The molecule has 156 valence electrons. The maximum Gasteiger partial charge on any atom is 0.251 e. The minimum Gasteiger partial charge on any atom is -0.369 e. The van der Waals surface area contributed by atoms with Crippen LogP contribution in [0.25, 0.3) is 33.3 Å².